The molecule has 0 radical (unpaired) electrons. The van der Waals surface area contributed by atoms with Gasteiger partial charge in [-0.3, -0.25) is 10.2 Å². The number of aromatic nitrogens is 4. The van der Waals surface area contributed by atoms with Crippen molar-refractivity contribution in [3.63, 3.8) is 0 Å². The van der Waals surface area contributed by atoms with E-state index in [1.54, 1.807) is 0 Å². The van der Waals surface area contributed by atoms with Crippen LogP contribution in [0.1, 0.15) is 13.8 Å². The molecule has 4 nitrogen and oxygen atoms in total. The van der Waals surface area contributed by atoms with Crippen LogP contribution in [-0.2, 0) is 0 Å². The number of hydrogen-bond acceptors (Lipinski definition) is 8. The molecule has 16 heavy (non-hydrogen) atoms. The first-order chi connectivity index (χ1) is 7.74. The Labute approximate surface area is 119 Å². The first kappa shape index (κ1) is 14.3. The van der Waals surface area contributed by atoms with Crippen molar-refractivity contribution < 1.29 is 0 Å². The van der Waals surface area contributed by atoms with E-state index in [1.807, 2.05) is 13.8 Å². The Kier molecular flexibility index (Phi) is 6.77. The molecule has 0 fully saturated rings. The van der Waals surface area contributed by atoms with Crippen LogP contribution in [0.4, 0.5) is 0 Å². The molecule has 2 aromatic rings. The van der Waals surface area contributed by atoms with Crippen molar-refractivity contribution in [2.24, 2.45) is 0 Å². The van der Waals surface area contributed by atoms with E-state index in [9.17, 15) is 0 Å². The fourth-order valence-corrected chi connectivity index (χ4v) is 5.10. The molecule has 2 rings (SSSR count). The number of nitrogens with one attached hydrogen (secondary N) is 2. The smallest absolute Gasteiger partial charge is 0.183 e. The standard InChI is InChI=1S/C4H2N4S6.C2H6/c9-1-5-7-3(11-1)13-14-4-8-6-2(10)12-4;1-2/h(H,5,9)(H,6,10);1-2H3. The zero-order valence-electron chi connectivity index (χ0n) is 8.34. The van der Waals surface area contributed by atoms with Crippen LogP contribution in [0.5, 0.6) is 0 Å². The Morgan fingerprint density at radius 1 is 0.938 bits per heavy atom. The second-order valence-electron chi connectivity index (χ2n) is 1.92. The van der Waals surface area contributed by atoms with Crippen molar-refractivity contribution in [2.45, 2.75) is 22.5 Å². The maximum absolute atomic E-state index is 4.91. The Balaban J connectivity index is 0.000000606. The molecule has 0 saturated heterocycles. The fraction of sp³-hybridized carbons (Fsp3) is 0.333. The Morgan fingerprint density at radius 2 is 1.31 bits per heavy atom. The average Bonchev–Trinajstić information content (AvgIpc) is 2.88. The van der Waals surface area contributed by atoms with Gasteiger partial charge in [0.25, 0.3) is 0 Å². The highest BCUT2D eigenvalue weighted by Gasteiger charge is 2.03. The van der Waals surface area contributed by atoms with Gasteiger partial charge >= 0.3 is 0 Å². The summed E-state index contributed by atoms with van der Waals surface area (Å²) < 4.78 is 3.15. The number of H-pyrrole nitrogens is 2. The minimum atomic E-state index is 0.683. The van der Waals surface area contributed by atoms with Crippen molar-refractivity contribution >= 4 is 68.7 Å². The summed E-state index contributed by atoms with van der Waals surface area (Å²) in [6.45, 7) is 4.00. The van der Waals surface area contributed by atoms with Crippen LogP contribution in [-0.4, -0.2) is 20.4 Å². The molecule has 10 heteroatoms. The molecule has 0 amide bonds. The highest BCUT2D eigenvalue weighted by Crippen LogP contribution is 2.38. The van der Waals surface area contributed by atoms with Gasteiger partial charge < -0.3 is 0 Å². The summed E-state index contributed by atoms with van der Waals surface area (Å²) in [7, 11) is 3.03. The van der Waals surface area contributed by atoms with Crippen molar-refractivity contribution in [2.75, 3.05) is 0 Å². The summed E-state index contributed by atoms with van der Waals surface area (Å²) >= 11 is 12.7. The zero-order valence-corrected chi connectivity index (χ0v) is 13.2. The van der Waals surface area contributed by atoms with Gasteiger partial charge in [0, 0.05) is 0 Å². The number of aromatic amines is 2. The third-order valence-corrected chi connectivity index (χ3v) is 6.17. The Hall–Kier alpha value is 0.260. The summed E-state index contributed by atoms with van der Waals surface area (Å²) in [5, 5.41) is 13.4. The van der Waals surface area contributed by atoms with Gasteiger partial charge in [-0.1, -0.05) is 36.5 Å². The molecule has 0 aliphatic heterocycles. The van der Waals surface area contributed by atoms with Crippen LogP contribution in [0.15, 0.2) is 8.68 Å². The molecule has 0 unspecified atom stereocenters. The second kappa shape index (κ2) is 7.56. The van der Waals surface area contributed by atoms with Gasteiger partial charge in [0.1, 0.15) is 0 Å². The van der Waals surface area contributed by atoms with Gasteiger partial charge in [0.15, 0.2) is 16.6 Å². The topological polar surface area (TPSA) is 57.4 Å². The lowest BCUT2D eigenvalue weighted by molar-refractivity contribution is 1.00. The predicted octanol–water partition coefficient (Wildman–Crippen LogP) is 4.54. The minimum absolute atomic E-state index is 0.683. The lowest BCUT2D eigenvalue weighted by Gasteiger charge is -1.87. The first-order valence-corrected chi connectivity index (χ1v) is 8.79. The third-order valence-electron chi connectivity index (χ3n) is 1.02. The molecular formula is C6H8N4S6. The van der Waals surface area contributed by atoms with E-state index < -0.39 is 0 Å². The van der Waals surface area contributed by atoms with Gasteiger partial charge in [0.05, 0.1) is 0 Å². The highest BCUT2D eigenvalue weighted by atomic mass is 33.1. The monoisotopic (exact) mass is 328 g/mol. The fourth-order valence-electron chi connectivity index (χ4n) is 0.575. The van der Waals surface area contributed by atoms with E-state index in [-0.39, 0.29) is 0 Å². The Morgan fingerprint density at radius 3 is 1.56 bits per heavy atom. The molecule has 0 aliphatic carbocycles. The largest absolute Gasteiger partial charge is 0.257 e. The first-order valence-electron chi connectivity index (χ1n) is 4.19. The second-order valence-corrected chi connectivity index (χ2v) is 7.88. The molecule has 0 saturated carbocycles. The normalized spacial score (nSPS) is 9.62. The molecule has 2 N–H and O–H groups in total. The summed E-state index contributed by atoms with van der Waals surface area (Å²) in [5.41, 5.74) is 0. The van der Waals surface area contributed by atoms with E-state index in [1.165, 1.54) is 44.3 Å². The van der Waals surface area contributed by atoms with Crippen molar-refractivity contribution in [1.29, 1.82) is 0 Å². The molecular weight excluding hydrogens is 320 g/mol. The SMILES string of the molecule is CC.S=c1[nH]nc(SSc2n[nH]c(=S)s2)s1. The van der Waals surface area contributed by atoms with Crippen molar-refractivity contribution in [3.8, 4) is 0 Å². The number of rotatable bonds is 3. The van der Waals surface area contributed by atoms with E-state index >= 15 is 0 Å². The lowest BCUT2D eigenvalue weighted by Crippen LogP contribution is -1.68. The van der Waals surface area contributed by atoms with Gasteiger partial charge in [-0.25, -0.2) is 0 Å². The lowest BCUT2D eigenvalue weighted by atomic mass is 11.0. The maximum atomic E-state index is 4.91. The van der Waals surface area contributed by atoms with Crippen LogP contribution in [0.25, 0.3) is 0 Å². The third kappa shape index (κ3) is 4.63. The summed E-state index contributed by atoms with van der Waals surface area (Å²) in [5.74, 6) is 0. The molecule has 0 atom stereocenters. The molecule has 0 aromatic carbocycles. The molecule has 2 aromatic heterocycles. The summed E-state index contributed by atoms with van der Waals surface area (Å²) in [6, 6.07) is 0. The zero-order chi connectivity index (χ0) is 12.0. The molecule has 0 aliphatic rings. The van der Waals surface area contributed by atoms with Crippen molar-refractivity contribution in [3.05, 3.63) is 7.91 Å². The maximum Gasteiger partial charge on any atom is 0.183 e. The number of hydrogen-bond donors (Lipinski definition) is 2. The van der Waals surface area contributed by atoms with E-state index in [2.05, 4.69) is 20.4 Å². The van der Waals surface area contributed by atoms with Crippen LogP contribution >= 0.6 is 68.7 Å². The summed E-state index contributed by atoms with van der Waals surface area (Å²) in [4.78, 5) is 0. The van der Waals surface area contributed by atoms with Crippen LogP contribution in [0.3, 0.4) is 0 Å². The quantitative estimate of drug-likeness (QED) is 0.637. The molecule has 88 valence electrons. The summed E-state index contributed by atoms with van der Waals surface area (Å²) in [6.07, 6.45) is 0. The minimum Gasteiger partial charge on any atom is -0.257 e. The average molecular weight is 329 g/mol. The molecule has 0 bridgehead atoms. The van der Waals surface area contributed by atoms with E-state index in [0.29, 0.717) is 7.91 Å². The van der Waals surface area contributed by atoms with Crippen LogP contribution < -0.4 is 0 Å². The van der Waals surface area contributed by atoms with Gasteiger partial charge in [0.2, 0.25) is 0 Å². The van der Waals surface area contributed by atoms with Gasteiger partial charge in [-0.05, 0) is 46.0 Å². The van der Waals surface area contributed by atoms with Crippen LogP contribution in [0, 0.1) is 7.91 Å². The van der Waals surface area contributed by atoms with Crippen LogP contribution in [0.2, 0.25) is 0 Å². The van der Waals surface area contributed by atoms with E-state index in [0.717, 1.165) is 8.68 Å². The van der Waals surface area contributed by atoms with Crippen molar-refractivity contribution in [1.82, 2.24) is 20.4 Å². The molecule has 0 spiro atoms. The van der Waals surface area contributed by atoms with E-state index in [4.69, 9.17) is 24.4 Å². The predicted molar refractivity (Wildman–Crippen MR) is 77.7 cm³/mol. The van der Waals surface area contributed by atoms with Gasteiger partial charge in [-0.15, -0.1) is 0 Å². The number of nitrogens with zero attached hydrogens (tertiary/aromatic N) is 2. The molecule has 2 heterocycles. The highest BCUT2D eigenvalue weighted by molar-refractivity contribution is 8.77. The Bertz CT molecular complexity index is 473. The van der Waals surface area contributed by atoms with Gasteiger partial charge in [-0.2, -0.15) is 10.2 Å².